The van der Waals surface area contributed by atoms with E-state index in [2.05, 4.69) is 19.2 Å². The van der Waals surface area contributed by atoms with Crippen molar-refractivity contribution in [1.29, 1.82) is 0 Å². The summed E-state index contributed by atoms with van der Waals surface area (Å²) in [6.45, 7) is 7.64. The molecule has 2 aromatic carbocycles. The minimum atomic E-state index is -0.460. The van der Waals surface area contributed by atoms with Gasteiger partial charge in [-0.1, -0.05) is 32.0 Å². The molecular formula is C20H25FN2O. The lowest BCUT2D eigenvalue weighted by Gasteiger charge is -2.11. The maximum atomic E-state index is 14.3. The van der Waals surface area contributed by atoms with Crippen LogP contribution in [-0.2, 0) is 6.54 Å². The Kier molecular flexibility index (Phi) is 6.10. The van der Waals surface area contributed by atoms with Crippen molar-refractivity contribution in [3.63, 3.8) is 0 Å². The zero-order valence-electron chi connectivity index (χ0n) is 14.5. The average molecular weight is 328 g/mol. The summed E-state index contributed by atoms with van der Waals surface area (Å²) in [4.78, 5) is 11.2. The van der Waals surface area contributed by atoms with Crippen LogP contribution >= 0.6 is 0 Å². The lowest BCUT2D eigenvalue weighted by molar-refractivity contribution is 0.1000. The molecule has 24 heavy (non-hydrogen) atoms. The zero-order chi connectivity index (χ0) is 17.7. The first-order chi connectivity index (χ1) is 11.4. The summed E-state index contributed by atoms with van der Waals surface area (Å²) in [6, 6.07) is 10.5. The van der Waals surface area contributed by atoms with Gasteiger partial charge in [-0.15, -0.1) is 0 Å². The standard InChI is InChI=1S/C20H25FN2O/c1-13(2)8-9-23-12-17-5-4-15(11-19(17)21)18-7-6-16(20(22)24)10-14(18)3/h4-7,10-11,13,23H,8-9,12H2,1-3H3,(H2,22,24). The summed E-state index contributed by atoms with van der Waals surface area (Å²) in [5.74, 6) is -0.0438. The summed E-state index contributed by atoms with van der Waals surface area (Å²) in [5, 5.41) is 3.27. The molecule has 0 radical (unpaired) electrons. The molecule has 1 amide bonds. The van der Waals surface area contributed by atoms with E-state index in [1.165, 1.54) is 0 Å². The number of nitrogens with two attached hydrogens (primary N) is 1. The summed E-state index contributed by atoms with van der Waals surface area (Å²) in [7, 11) is 0. The zero-order valence-corrected chi connectivity index (χ0v) is 14.5. The van der Waals surface area contributed by atoms with E-state index in [9.17, 15) is 9.18 Å². The third-order valence-corrected chi connectivity index (χ3v) is 4.09. The van der Waals surface area contributed by atoms with E-state index >= 15 is 0 Å². The van der Waals surface area contributed by atoms with Gasteiger partial charge in [-0.3, -0.25) is 4.79 Å². The van der Waals surface area contributed by atoms with Crippen molar-refractivity contribution in [2.24, 2.45) is 11.7 Å². The van der Waals surface area contributed by atoms with Crippen molar-refractivity contribution in [3.8, 4) is 11.1 Å². The highest BCUT2D eigenvalue weighted by Gasteiger charge is 2.09. The molecule has 0 aliphatic carbocycles. The Morgan fingerprint density at radius 1 is 1.21 bits per heavy atom. The Morgan fingerprint density at radius 3 is 2.54 bits per heavy atom. The minimum absolute atomic E-state index is 0.220. The van der Waals surface area contributed by atoms with Gasteiger partial charge in [0.1, 0.15) is 5.82 Å². The van der Waals surface area contributed by atoms with Gasteiger partial charge < -0.3 is 11.1 Å². The van der Waals surface area contributed by atoms with Crippen molar-refractivity contribution < 1.29 is 9.18 Å². The maximum absolute atomic E-state index is 14.3. The van der Waals surface area contributed by atoms with Crippen molar-refractivity contribution >= 4 is 5.91 Å². The number of benzene rings is 2. The van der Waals surface area contributed by atoms with E-state index in [1.54, 1.807) is 18.2 Å². The van der Waals surface area contributed by atoms with Gasteiger partial charge in [0.15, 0.2) is 0 Å². The molecule has 0 spiro atoms. The average Bonchev–Trinajstić information content (AvgIpc) is 2.52. The molecule has 0 aliphatic heterocycles. The van der Waals surface area contributed by atoms with Gasteiger partial charge in [-0.05, 0) is 60.7 Å². The molecular weight excluding hydrogens is 303 g/mol. The molecule has 2 rings (SSSR count). The lowest BCUT2D eigenvalue weighted by atomic mass is 9.97. The van der Waals surface area contributed by atoms with Crippen LogP contribution in [0, 0.1) is 18.7 Å². The first-order valence-electron chi connectivity index (χ1n) is 8.28. The van der Waals surface area contributed by atoms with Crippen LogP contribution in [0.15, 0.2) is 36.4 Å². The molecule has 0 bridgehead atoms. The van der Waals surface area contributed by atoms with Gasteiger partial charge in [0, 0.05) is 17.7 Å². The normalized spacial score (nSPS) is 11.0. The Morgan fingerprint density at radius 2 is 1.96 bits per heavy atom. The number of rotatable bonds is 7. The molecule has 2 aromatic rings. The highest BCUT2D eigenvalue weighted by atomic mass is 19.1. The topological polar surface area (TPSA) is 55.1 Å². The minimum Gasteiger partial charge on any atom is -0.366 e. The quantitative estimate of drug-likeness (QED) is 0.754. The first-order valence-corrected chi connectivity index (χ1v) is 8.28. The fraction of sp³-hybridized carbons (Fsp3) is 0.350. The predicted octanol–water partition coefficient (Wildman–Crippen LogP) is 4.04. The van der Waals surface area contributed by atoms with Gasteiger partial charge in [-0.25, -0.2) is 4.39 Å². The Labute approximate surface area is 143 Å². The van der Waals surface area contributed by atoms with Crippen LogP contribution in [0.1, 0.15) is 41.8 Å². The molecule has 0 aliphatic rings. The molecule has 0 fully saturated rings. The van der Waals surface area contributed by atoms with Crippen LogP contribution in [0.5, 0.6) is 0 Å². The molecule has 0 saturated heterocycles. The first kappa shape index (κ1) is 18.1. The molecule has 0 unspecified atom stereocenters. The monoisotopic (exact) mass is 328 g/mol. The number of hydrogen-bond acceptors (Lipinski definition) is 2. The van der Waals surface area contributed by atoms with Gasteiger partial charge in [0.25, 0.3) is 0 Å². The molecule has 3 nitrogen and oxygen atoms in total. The molecule has 0 heterocycles. The van der Waals surface area contributed by atoms with Crippen LogP contribution in [0.2, 0.25) is 0 Å². The highest BCUT2D eigenvalue weighted by Crippen LogP contribution is 2.26. The molecule has 0 atom stereocenters. The summed E-state index contributed by atoms with van der Waals surface area (Å²) in [5.41, 5.74) is 9.00. The molecule has 128 valence electrons. The Hall–Kier alpha value is -2.20. The fourth-order valence-corrected chi connectivity index (χ4v) is 2.61. The van der Waals surface area contributed by atoms with Crippen molar-refractivity contribution in [2.75, 3.05) is 6.54 Å². The second kappa shape index (κ2) is 8.06. The van der Waals surface area contributed by atoms with Crippen molar-refractivity contribution in [3.05, 3.63) is 58.9 Å². The van der Waals surface area contributed by atoms with E-state index < -0.39 is 5.91 Å². The van der Waals surface area contributed by atoms with Gasteiger partial charge in [0.05, 0.1) is 0 Å². The largest absolute Gasteiger partial charge is 0.366 e. The van der Waals surface area contributed by atoms with Crippen molar-refractivity contribution in [2.45, 2.75) is 33.7 Å². The van der Waals surface area contributed by atoms with Crippen LogP contribution in [0.4, 0.5) is 4.39 Å². The number of carbonyl (C=O) groups is 1. The predicted molar refractivity (Wildman–Crippen MR) is 96.3 cm³/mol. The van der Waals surface area contributed by atoms with Gasteiger partial charge in [0.2, 0.25) is 5.91 Å². The number of primary amides is 1. The second-order valence-corrected chi connectivity index (χ2v) is 6.56. The van der Waals surface area contributed by atoms with E-state index in [0.717, 1.165) is 29.7 Å². The summed E-state index contributed by atoms with van der Waals surface area (Å²) >= 11 is 0. The van der Waals surface area contributed by atoms with Crippen LogP contribution in [0.25, 0.3) is 11.1 Å². The van der Waals surface area contributed by atoms with E-state index in [4.69, 9.17) is 5.73 Å². The fourth-order valence-electron chi connectivity index (χ4n) is 2.61. The van der Waals surface area contributed by atoms with Gasteiger partial charge in [-0.2, -0.15) is 0 Å². The summed E-state index contributed by atoms with van der Waals surface area (Å²) < 4.78 is 14.3. The number of hydrogen-bond donors (Lipinski definition) is 2. The number of carbonyl (C=O) groups excluding carboxylic acids is 1. The Balaban J connectivity index is 2.13. The molecule has 4 heteroatoms. The highest BCUT2D eigenvalue weighted by molar-refractivity contribution is 5.93. The smallest absolute Gasteiger partial charge is 0.248 e. The second-order valence-electron chi connectivity index (χ2n) is 6.56. The van der Waals surface area contributed by atoms with E-state index in [1.807, 2.05) is 25.1 Å². The van der Waals surface area contributed by atoms with E-state index in [0.29, 0.717) is 23.6 Å². The van der Waals surface area contributed by atoms with Crippen LogP contribution < -0.4 is 11.1 Å². The van der Waals surface area contributed by atoms with Crippen molar-refractivity contribution in [1.82, 2.24) is 5.32 Å². The van der Waals surface area contributed by atoms with Gasteiger partial charge >= 0.3 is 0 Å². The van der Waals surface area contributed by atoms with Crippen LogP contribution in [0.3, 0.4) is 0 Å². The number of halogens is 1. The maximum Gasteiger partial charge on any atom is 0.248 e. The SMILES string of the molecule is Cc1cc(C(N)=O)ccc1-c1ccc(CNCCC(C)C)c(F)c1. The number of aryl methyl sites for hydroxylation is 1. The lowest BCUT2D eigenvalue weighted by Crippen LogP contribution is -2.17. The number of nitrogens with one attached hydrogen (secondary N) is 1. The molecule has 0 saturated carbocycles. The third kappa shape index (κ3) is 4.65. The molecule has 0 aromatic heterocycles. The Bertz CT molecular complexity index is 726. The number of amides is 1. The summed E-state index contributed by atoms with van der Waals surface area (Å²) in [6.07, 6.45) is 1.07. The van der Waals surface area contributed by atoms with E-state index in [-0.39, 0.29) is 5.82 Å². The van der Waals surface area contributed by atoms with Crippen LogP contribution in [-0.4, -0.2) is 12.5 Å². The third-order valence-electron chi connectivity index (χ3n) is 4.09. The molecule has 3 N–H and O–H groups in total.